The van der Waals surface area contributed by atoms with Gasteiger partial charge in [0.2, 0.25) is 0 Å². The van der Waals surface area contributed by atoms with Gasteiger partial charge < -0.3 is 20.1 Å². The Morgan fingerprint density at radius 1 is 1.06 bits per heavy atom. The second-order valence-corrected chi connectivity index (χ2v) is 3.70. The van der Waals surface area contributed by atoms with Crippen LogP contribution in [0.5, 0.6) is 0 Å². The van der Waals surface area contributed by atoms with Crippen molar-refractivity contribution in [2.24, 2.45) is 0 Å². The highest BCUT2D eigenvalue weighted by Crippen LogP contribution is 2.14. The third-order valence-electron chi connectivity index (χ3n) is 2.31. The zero-order chi connectivity index (χ0) is 12.5. The molecule has 0 aliphatic carbocycles. The van der Waals surface area contributed by atoms with E-state index in [0.717, 1.165) is 30.3 Å². The number of nitrogens with zero attached hydrogens (tertiary/aromatic N) is 1. The van der Waals surface area contributed by atoms with Crippen LogP contribution in [0, 0.1) is 6.92 Å². The minimum atomic E-state index is 0.669. The maximum Gasteiger partial charge on any atom is 0.131 e. The molecule has 96 valence electrons. The predicted octanol–water partition coefficient (Wildman–Crippen LogP) is 1.51. The quantitative estimate of drug-likeness (QED) is 0.673. The summed E-state index contributed by atoms with van der Waals surface area (Å²) < 4.78 is 9.97. The molecule has 2 N–H and O–H groups in total. The van der Waals surface area contributed by atoms with E-state index in [2.05, 4.69) is 15.6 Å². The van der Waals surface area contributed by atoms with E-state index in [1.165, 1.54) is 0 Å². The smallest absolute Gasteiger partial charge is 0.131 e. The molecule has 1 aromatic heterocycles. The fourth-order valence-electron chi connectivity index (χ4n) is 1.36. The molecule has 1 aromatic rings. The molecule has 0 spiro atoms. The minimum absolute atomic E-state index is 0.669. The third-order valence-corrected chi connectivity index (χ3v) is 2.31. The molecular formula is C12H21N3O2. The molecule has 17 heavy (non-hydrogen) atoms. The van der Waals surface area contributed by atoms with Crippen molar-refractivity contribution in [3.8, 4) is 0 Å². The second kappa shape index (κ2) is 7.86. The van der Waals surface area contributed by atoms with Gasteiger partial charge in [-0.1, -0.05) is 6.07 Å². The van der Waals surface area contributed by atoms with Gasteiger partial charge in [-0.2, -0.15) is 0 Å². The van der Waals surface area contributed by atoms with Crippen molar-refractivity contribution < 1.29 is 9.47 Å². The van der Waals surface area contributed by atoms with Gasteiger partial charge in [0.05, 0.1) is 13.2 Å². The molecule has 0 saturated carbocycles. The van der Waals surface area contributed by atoms with Gasteiger partial charge in [0.15, 0.2) is 0 Å². The summed E-state index contributed by atoms with van der Waals surface area (Å²) in [5, 5.41) is 6.43. The van der Waals surface area contributed by atoms with E-state index in [1.54, 1.807) is 14.2 Å². The van der Waals surface area contributed by atoms with Crippen molar-refractivity contribution in [3.05, 3.63) is 17.7 Å². The molecule has 0 radical (unpaired) electrons. The molecule has 1 heterocycles. The van der Waals surface area contributed by atoms with Crippen LogP contribution in [-0.4, -0.2) is 45.5 Å². The lowest BCUT2D eigenvalue weighted by Gasteiger charge is -2.11. The number of hydrogen-bond donors (Lipinski definition) is 2. The molecule has 5 nitrogen and oxygen atoms in total. The molecule has 0 aliphatic rings. The van der Waals surface area contributed by atoms with E-state index in [4.69, 9.17) is 9.47 Å². The van der Waals surface area contributed by atoms with Crippen molar-refractivity contribution in [3.63, 3.8) is 0 Å². The number of aryl methyl sites for hydroxylation is 1. The molecule has 0 fully saturated rings. The van der Waals surface area contributed by atoms with Crippen molar-refractivity contribution in [2.75, 3.05) is 51.2 Å². The summed E-state index contributed by atoms with van der Waals surface area (Å²) in [6.45, 7) is 4.88. The van der Waals surface area contributed by atoms with Crippen LogP contribution in [0.1, 0.15) is 5.56 Å². The lowest BCUT2D eigenvalue weighted by molar-refractivity contribution is 0.210. The van der Waals surface area contributed by atoms with Gasteiger partial charge in [0, 0.05) is 27.3 Å². The zero-order valence-electron chi connectivity index (χ0n) is 10.7. The Bertz CT molecular complexity index is 332. The van der Waals surface area contributed by atoms with E-state index in [-0.39, 0.29) is 0 Å². The first kappa shape index (κ1) is 13.7. The van der Waals surface area contributed by atoms with E-state index in [0.29, 0.717) is 13.2 Å². The fraction of sp³-hybridized carbons (Fsp3) is 0.583. The highest BCUT2D eigenvalue weighted by atomic mass is 16.5. The van der Waals surface area contributed by atoms with Crippen molar-refractivity contribution in [1.82, 2.24) is 4.98 Å². The van der Waals surface area contributed by atoms with Gasteiger partial charge in [-0.3, -0.25) is 0 Å². The summed E-state index contributed by atoms with van der Waals surface area (Å²) in [5.74, 6) is 1.75. The highest BCUT2D eigenvalue weighted by molar-refractivity contribution is 5.50. The van der Waals surface area contributed by atoms with Gasteiger partial charge >= 0.3 is 0 Å². The number of aromatic nitrogens is 1. The average Bonchev–Trinajstić information content (AvgIpc) is 2.33. The predicted molar refractivity (Wildman–Crippen MR) is 69.7 cm³/mol. The Balaban J connectivity index is 2.53. The molecule has 1 rings (SSSR count). The minimum Gasteiger partial charge on any atom is -0.383 e. The van der Waals surface area contributed by atoms with Gasteiger partial charge in [-0.15, -0.1) is 0 Å². The van der Waals surface area contributed by atoms with Crippen LogP contribution in [0.25, 0.3) is 0 Å². The van der Waals surface area contributed by atoms with Crippen molar-refractivity contribution >= 4 is 11.6 Å². The first-order chi connectivity index (χ1) is 8.27. The maximum atomic E-state index is 4.99. The highest BCUT2D eigenvalue weighted by Gasteiger charge is 2.01. The lowest BCUT2D eigenvalue weighted by atomic mass is 10.3. The second-order valence-electron chi connectivity index (χ2n) is 3.70. The molecule has 0 aromatic carbocycles. The van der Waals surface area contributed by atoms with E-state index in [9.17, 15) is 0 Å². The van der Waals surface area contributed by atoms with Crippen LogP contribution in [-0.2, 0) is 9.47 Å². The molecule has 0 aliphatic heterocycles. The standard InChI is InChI=1S/C12H21N3O2/c1-10-4-5-11(13-6-8-16-2)15-12(10)14-7-9-17-3/h4-5H,6-9H2,1-3H3,(H2,13,14,15). The summed E-state index contributed by atoms with van der Waals surface area (Å²) in [7, 11) is 3.37. The summed E-state index contributed by atoms with van der Waals surface area (Å²) >= 11 is 0. The van der Waals surface area contributed by atoms with Crippen LogP contribution in [0.4, 0.5) is 11.6 Å². The van der Waals surface area contributed by atoms with Gasteiger partial charge in [0.1, 0.15) is 11.6 Å². The Hall–Kier alpha value is -1.33. The molecular weight excluding hydrogens is 218 g/mol. The number of ether oxygens (including phenoxy) is 2. The molecule has 0 atom stereocenters. The summed E-state index contributed by atoms with van der Waals surface area (Å²) in [6.07, 6.45) is 0. The lowest BCUT2D eigenvalue weighted by Crippen LogP contribution is -2.12. The van der Waals surface area contributed by atoms with Gasteiger partial charge in [-0.05, 0) is 18.6 Å². The maximum absolute atomic E-state index is 4.99. The van der Waals surface area contributed by atoms with Crippen LogP contribution >= 0.6 is 0 Å². The molecule has 0 amide bonds. The Morgan fingerprint density at radius 2 is 1.71 bits per heavy atom. The first-order valence-electron chi connectivity index (χ1n) is 5.71. The number of methoxy groups -OCH3 is 2. The monoisotopic (exact) mass is 239 g/mol. The molecule has 0 bridgehead atoms. The van der Waals surface area contributed by atoms with Crippen molar-refractivity contribution in [2.45, 2.75) is 6.92 Å². The summed E-state index contributed by atoms with van der Waals surface area (Å²) in [4.78, 5) is 4.48. The number of anilines is 2. The Kier molecular flexibility index (Phi) is 6.35. The SMILES string of the molecule is COCCNc1ccc(C)c(NCCOC)n1. The largest absolute Gasteiger partial charge is 0.383 e. The normalized spacial score (nSPS) is 10.3. The molecule has 0 unspecified atom stereocenters. The van der Waals surface area contributed by atoms with Crippen LogP contribution < -0.4 is 10.6 Å². The van der Waals surface area contributed by atoms with Crippen LogP contribution in [0.15, 0.2) is 12.1 Å². The molecule has 5 heteroatoms. The fourth-order valence-corrected chi connectivity index (χ4v) is 1.36. The number of rotatable bonds is 8. The Morgan fingerprint density at radius 3 is 2.35 bits per heavy atom. The third kappa shape index (κ3) is 5.01. The average molecular weight is 239 g/mol. The van der Waals surface area contributed by atoms with Gasteiger partial charge in [0.25, 0.3) is 0 Å². The zero-order valence-corrected chi connectivity index (χ0v) is 10.7. The first-order valence-corrected chi connectivity index (χ1v) is 5.71. The number of hydrogen-bond acceptors (Lipinski definition) is 5. The Labute approximate surface area is 103 Å². The van der Waals surface area contributed by atoms with Crippen molar-refractivity contribution in [1.29, 1.82) is 0 Å². The van der Waals surface area contributed by atoms with E-state index in [1.807, 2.05) is 19.1 Å². The van der Waals surface area contributed by atoms with Crippen LogP contribution in [0.3, 0.4) is 0 Å². The number of nitrogens with one attached hydrogen (secondary N) is 2. The topological polar surface area (TPSA) is 55.4 Å². The summed E-state index contributed by atoms with van der Waals surface area (Å²) in [6, 6.07) is 4.00. The van der Waals surface area contributed by atoms with E-state index < -0.39 is 0 Å². The summed E-state index contributed by atoms with van der Waals surface area (Å²) in [5.41, 5.74) is 1.12. The molecule has 0 saturated heterocycles. The van der Waals surface area contributed by atoms with Gasteiger partial charge in [-0.25, -0.2) is 4.98 Å². The van der Waals surface area contributed by atoms with Crippen LogP contribution in [0.2, 0.25) is 0 Å². The number of pyridine rings is 1. The van der Waals surface area contributed by atoms with E-state index >= 15 is 0 Å².